The average molecular weight is 270 g/mol. The van der Waals surface area contributed by atoms with E-state index in [2.05, 4.69) is 9.05 Å². The molecule has 0 amide bonds. The Hall–Kier alpha value is -0.320. The lowest BCUT2D eigenvalue weighted by molar-refractivity contribution is -0.140. The Labute approximate surface area is 99.2 Å². The second kappa shape index (κ2) is 4.41. The molecule has 0 N–H and O–H groups in total. The number of ketones is 1. The highest BCUT2D eigenvalue weighted by Gasteiger charge is 2.61. The number of hydrogen-bond acceptors (Lipinski definition) is 4. The molecule has 0 saturated carbocycles. The number of halogens is 2. The Bertz CT molecular complexity index is 351. The van der Waals surface area contributed by atoms with Gasteiger partial charge in [-0.1, -0.05) is 27.7 Å². The third-order valence-corrected chi connectivity index (χ3v) is 4.26. The molecular weight excluding hydrogens is 253 g/mol. The molecule has 0 aromatic carbocycles. The molecule has 1 aliphatic rings. The normalized spacial score (nSPS) is 23.7. The van der Waals surface area contributed by atoms with Gasteiger partial charge in [-0.15, -0.1) is 0 Å². The van der Waals surface area contributed by atoms with Crippen LogP contribution >= 0.6 is 7.60 Å². The smallest absolute Gasteiger partial charge is 0.303 e. The highest BCUT2D eigenvalue weighted by atomic mass is 31.2. The van der Waals surface area contributed by atoms with Crippen LogP contribution in [0.15, 0.2) is 0 Å². The van der Waals surface area contributed by atoms with Crippen molar-refractivity contribution in [3.63, 3.8) is 0 Å². The Kier molecular flexibility index (Phi) is 3.82. The summed E-state index contributed by atoms with van der Waals surface area (Å²) in [6.45, 7) is 5.86. The second-order valence-electron chi connectivity index (χ2n) is 5.27. The fourth-order valence-corrected chi connectivity index (χ4v) is 3.21. The zero-order valence-electron chi connectivity index (χ0n) is 10.3. The maximum absolute atomic E-state index is 13.7. The molecule has 1 saturated heterocycles. The molecular formula is C10H17F2O4P. The predicted octanol–water partition coefficient (Wildman–Crippen LogP) is 3.07. The highest BCUT2D eigenvalue weighted by molar-refractivity contribution is 7.56. The van der Waals surface area contributed by atoms with Gasteiger partial charge in [0.2, 0.25) is 5.78 Å². The van der Waals surface area contributed by atoms with Gasteiger partial charge in [0.15, 0.2) is 0 Å². The van der Waals surface area contributed by atoms with Crippen molar-refractivity contribution in [3.8, 4) is 0 Å². The first kappa shape index (κ1) is 14.7. The number of alkyl halides is 2. The van der Waals surface area contributed by atoms with Crippen molar-refractivity contribution in [2.45, 2.75) is 33.4 Å². The highest BCUT2D eigenvalue weighted by Crippen LogP contribution is 2.65. The molecule has 1 rings (SSSR count). The summed E-state index contributed by atoms with van der Waals surface area (Å²) < 4.78 is 48.7. The minimum Gasteiger partial charge on any atom is -0.303 e. The van der Waals surface area contributed by atoms with E-state index in [9.17, 15) is 18.1 Å². The molecule has 17 heavy (non-hydrogen) atoms. The van der Waals surface area contributed by atoms with Crippen LogP contribution in [0.25, 0.3) is 0 Å². The van der Waals surface area contributed by atoms with Gasteiger partial charge in [0, 0.05) is 11.3 Å². The molecule has 1 aliphatic heterocycles. The van der Waals surface area contributed by atoms with Crippen molar-refractivity contribution in [2.75, 3.05) is 13.2 Å². The number of rotatable bonds is 3. The molecule has 0 atom stereocenters. The Morgan fingerprint density at radius 3 is 2.06 bits per heavy atom. The van der Waals surface area contributed by atoms with Crippen LogP contribution < -0.4 is 0 Å². The largest absolute Gasteiger partial charge is 0.407 e. The van der Waals surface area contributed by atoms with Crippen LogP contribution in [0.3, 0.4) is 0 Å². The van der Waals surface area contributed by atoms with E-state index in [1.165, 1.54) is 13.8 Å². The maximum Gasteiger partial charge on any atom is 0.407 e. The summed E-state index contributed by atoms with van der Waals surface area (Å²) in [6.07, 6.45) is 0. The van der Waals surface area contributed by atoms with E-state index in [4.69, 9.17) is 0 Å². The van der Waals surface area contributed by atoms with Gasteiger partial charge in [-0.25, -0.2) is 0 Å². The van der Waals surface area contributed by atoms with Crippen LogP contribution in [0.4, 0.5) is 8.78 Å². The number of carbonyl (C=O) groups excluding carboxylic acids is 1. The SMILES string of the molecule is CC(C)C(=O)C(F)(F)P1(=O)OCC(C)(C)CO1. The van der Waals surface area contributed by atoms with Crippen molar-refractivity contribution in [3.05, 3.63) is 0 Å². The second-order valence-corrected chi connectivity index (χ2v) is 7.34. The number of hydrogen-bond donors (Lipinski definition) is 0. The first-order chi connectivity index (χ1) is 7.52. The lowest BCUT2D eigenvalue weighted by atomic mass is 9.97. The molecule has 4 nitrogen and oxygen atoms in total. The molecule has 0 aliphatic carbocycles. The van der Waals surface area contributed by atoms with Gasteiger partial charge in [0.1, 0.15) is 0 Å². The minimum absolute atomic E-state index is 0.120. The van der Waals surface area contributed by atoms with E-state index >= 15 is 0 Å². The van der Waals surface area contributed by atoms with Crippen LogP contribution in [0, 0.1) is 11.3 Å². The molecule has 100 valence electrons. The summed E-state index contributed by atoms with van der Waals surface area (Å²) in [5, 5.41) is 0. The van der Waals surface area contributed by atoms with E-state index in [1.807, 2.05) is 0 Å². The summed E-state index contributed by atoms with van der Waals surface area (Å²) in [5.41, 5.74) is -4.55. The Morgan fingerprint density at radius 2 is 1.71 bits per heavy atom. The van der Waals surface area contributed by atoms with Crippen molar-refractivity contribution >= 4 is 13.4 Å². The lowest BCUT2D eigenvalue weighted by Crippen LogP contribution is -2.39. The third-order valence-electron chi connectivity index (χ3n) is 2.42. The van der Waals surface area contributed by atoms with E-state index in [0.717, 1.165) is 0 Å². The summed E-state index contributed by atoms with van der Waals surface area (Å²) in [4.78, 5) is 11.3. The first-order valence-corrected chi connectivity index (χ1v) is 6.87. The van der Waals surface area contributed by atoms with Gasteiger partial charge in [0.25, 0.3) is 0 Å². The Balaban J connectivity index is 2.93. The zero-order chi connectivity index (χ0) is 13.5. The van der Waals surface area contributed by atoms with Crippen LogP contribution in [-0.2, 0) is 18.4 Å². The predicted molar refractivity (Wildman–Crippen MR) is 58.1 cm³/mol. The summed E-state index contributed by atoms with van der Waals surface area (Å²) in [5.74, 6) is -2.35. The van der Waals surface area contributed by atoms with E-state index in [0.29, 0.717) is 0 Å². The van der Waals surface area contributed by atoms with Gasteiger partial charge in [-0.2, -0.15) is 8.78 Å². The minimum atomic E-state index is -4.69. The van der Waals surface area contributed by atoms with Gasteiger partial charge in [-0.05, 0) is 0 Å². The molecule has 0 aromatic heterocycles. The maximum atomic E-state index is 13.7. The van der Waals surface area contributed by atoms with Gasteiger partial charge in [-0.3, -0.25) is 9.36 Å². The lowest BCUT2D eigenvalue weighted by Gasteiger charge is -2.36. The monoisotopic (exact) mass is 270 g/mol. The molecule has 0 aromatic rings. The number of Topliss-reactive ketones (excluding diaryl/α,β-unsaturated/α-hetero) is 1. The average Bonchev–Trinajstić information content (AvgIpc) is 2.21. The third kappa shape index (κ3) is 2.75. The molecule has 0 spiro atoms. The topological polar surface area (TPSA) is 52.6 Å². The molecule has 1 heterocycles. The van der Waals surface area contributed by atoms with E-state index in [1.54, 1.807) is 13.8 Å². The molecule has 0 radical (unpaired) electrons. The zero-order valence-corrected chi connectivity index (χ0v) is 11.2. The van der Waals surface area contributed by atoms with Crippen LogP contribution in [0.5, 0.6) is 0 Å². The molecule has 0 bridgehead atoms. The molecule has 1 fully saturated rings. The van der Waals surface area contributed by atoms with Crippen molar-refractivity contribution in [1.82, 2.24) is 0 Å². The van der Waals surface area contributed by atoms with Crippen molar-refractivity contribution in [2.24, 2.45) is 11.3 Å². The Morgan fingerprint density at radius 1 is 1.29 bits per heavy atom. The molecule has 7 heteroatoms. The quantitative estimate of drug-likeness (QED) is 0.739. The summed E-state index contributed by atoms with van der Waals surface area (Å²) in [6, 6.07) is 0. The fourth-order valence-electron chi connectivity index (χ4n) is 1.24. The first-order valence-electron chi connectivity index (χ1n) is 5.33. The molecule has 0 unspecified atom stereocenters. The van der Waals surface area contributed by atoms with Crippen molar-refractivity contribution in [1.29, 1.82) is 0 Å². The van der Waals surface area contributed by atoms with E-state index in [-0.39, 0.29) is 13.2 Å². The van der Waals surface area contributed by atoms with Crippen LogP contribution in [0.2, 0.25) is 0 Å². The number of carbonyl (C=O) groups is 1. The van der Waals surface area contributed by atoms with Crippen molar-refractivity contribution < 1.29 is 27.2 Å². The van der Waals surface area contributed by atoms with Gasteiger partial charge >= 0.3 is 13.3 Å². The van der Waals surface area contributed by atoms with Gasteiger partial charge < -0.3 is 9.05 Å². The van der Waals surface area contributed by atoms with Gasteiger partial charge in [0.05, 0.1) is 13.2 Å². The summed E-state index contributed by atoms with van der Waals surface area (Å²) >= 11 is 0. The standard InChI is InChI=1S/C10H17F2O4P/c1-7(2)8(13)10(11,12)17(14)15-5-9(3,4)6-16-17/h7H,5-6H2,1-4H3. The van der Waals surface area contributed by atoms with E-state index < -0.39 is 30.4 Å². The van der Waals surface area contributed by atoms with Crippen LogP contribution in [-0.4, -0.2) is 24.7 Å². The van der Waals surface area contributed by atoms with Crippen LogP contribution in [0.1, 0.15) is 27.7 Å². The summed E-state index contributed by atoms with van der Waals surface area (Å²) in [7, 11) is -4.69. The fraction of sp³-hybridized carbons (Fsp3) is 0.900.